The molecule has 7 heteroatoms. The van der Waals surface area contributed by atoms with Crippen molar-refractivity contribution in [1.82, 2.24) is 10.6 Å². The first-order chi connectivity index (χ1) is 15.9. The van der Waals surface area contributed by atoms with Crippen molar-refractivity contribution in [1.29, 1.82) is 0 Å². The van der Waals surface area contributed by atoms with Crippen LogP contribution < -0.4 is 10.6 Å². The Hall–Kier alpha value is -3.35. The van der Waals surface area contributed by atoms with Crippen molar-refractivity contribution in [2.24, 2.45) is 0 Å². The molecule has 1 atom stereocenters. The number of amides is 2. The Morgan fingerprint density at radius 1 is 1.00 bits per heavy atom. The fraction of sp³-hybridized carbons (Fsp3) is 0.423. The van der Waals surface area contributed by atoms with Gasteiger partial charge < -0.3 is 20.5 Å². The topological polar surface area (TPSA) is 105 Å². The highest BCUT2D eigenvalue weighted by molar-refractivity contribution is 5.84. The van der Waals surface area contributed by atoms with E-state index in [1.807, 2.05) is 24.3 Å². The quantitative estimate of drug-likeness (QED) is 0.586. The zero-order valence-corrected chi connectivity index (χ0v) is 18.8. The average Bonchev–Trinajstić information content (AvgIpc) is 3.11. The molecule has 0 aliphatic heterocycles. The normalized spacial score (nSPS) is 17.4. The van der Waals surface area contributed by atoms with Crippen molar-refractivity contribution in [3.63, 3.8) is 0 Å². The number of hydrogen-bond acceptors (Lipinski definition) is 4. The lowest BCUT2D eigenvalue weighted by molar-refractivity contribution is -0.141. The summed E-state index contributed by atoms with van der Waals surface area (Å²) in [6.07, 6.45) is 3.64. The Labute approximate surface area is 193 Å². The largest absolute Gasteiger partial charge is 0.480 e. The number of rotatable bonds is 7. The van der Waals surface area contributed by atoms with Crippen LogP contribution in [0, 0.1) is 0 Å². The maximum atomic E-state index is 12.8. The number of carbonyl (C=O) groups excluding carboxylic acids is 2. The van der Waals surface area contributed by atoms with Crippen LogP contribution in [0.25, 0.3) is 11.1 Å². The van der Waals surface area contributed by atoms with Crippen LogP contribution in [0.2, 0.25) is 0 Å². The molecule has 1 fully saturated rings. The molecule has 174 valence electrons. The molecule has 0 bridgehead atoms. The molecular formula is C26H30N2O5. The highest BCUT2D eigenvalue weighted by atomic mass is 16.5. The van der Waals surface area contributed by atoms with Gasteiger partial charge in [-0.1, -0.05) is 67.8 Å². The third-order valence-electron chi connectivity index (χ3n) is 6.77. The molecule has 1 saturated carbocycles. The second kappa shape index (κ2) is 9.65. The first-order valence-corrected chi connectivity index (χ1v) is 11.5. The standard InChI is InChI=1S/C26H30N2O5/c1-17(24(30)31)27-23(29)15-26(13-7-2-8-14-26)28-25(32)33-16-22-20-11-5-3-9-18(20)19-10-4-6-12-21(19)22/h3-6,9-12,17,22H,2,7-8,13-16H2,1H3,(H,27,29)(H,28,32)(H,30,31). The van der Waals surface area contributed by atoms with Gasteiger partial charge in [0.1, 0.15) is 12.6 Å². The zero-order chi connectivity index (χ0) is 23.4. The summed E-state index contributed by atoms with van der Waals surface area (Å²) in [5.41, 5.74) is 3.88. The lowest BCUT2D eigenvalue weighted by Crippen LogP contribution is -2.53. The van der Waals surface area contributed by atoms with Gasteiger partial charge in [-0.25, -0.2) is 4.79 Å². The van der Waals surface area contributed by atoms with Gasteiger partial charge in [-0.05, 0) is 42.0 Å². The minimum Gasteiger partial charge on any atom is -0.480 e. The molecule has 0 saturated heterocycles. The van der Waals surface area contributed by atoms with Crippen LogP contribution >= 0.6 is 0 Å². The molecule has 7 nitrogen and oxygen atoms in total. The van der Waals surface area contributed by atoms with Gasteiger partial charge in [0.25, 0.3) is 0 Å². The van der Waals surface area contributed by atoms with E-state index in [0.29, 0.717) is 12.8 Å². The third kappa shape index (κ3) is 5.02. The summed E-state index contributed by atoms with van der Waals surface area (Å²) in [4.78, 5) is 36.4. The van der Waals surface area contributed by atoms with E-state index >= 15 is 0 Å². The number of alkyl carbamates (subject to hydrolysis) is 1. The predicted octanol–water partition coefficient (Wildman–Crippen LogP) is 4.21. The van der Waals surface area contributed by atoms with Crippen molar-refractivity contribution in [3.8, 4) is 11.1 Å². The van der Waals surface area contributed by atoms with E-state index in [0.717, 1.165) is 41.5 Å². The van der Waals surface area contributed by atoms with E-state index in [-0.39, 0.29) is 24.9 Å². The number of carbonyl (C=O) groups is 3. The zero-order valence-electron chi connectivity index (χ0n) is 18.8. The molecule has 1 unspecified atom stereocenters. The summed E-state index contributed by atoms with van der Waals surface area (Å²) in [6.45, 7) is 1.63. The molecule has 0 spiro atoms. The third-order valence-corrected chi connectivity index (χ3v) is 6.77. The van der Waals surface area contributed by atoms with Gasteiger partial charge in [-0.15, -0.1) is 0 Å². The van der Waals surface area contributed by atoms with Gasteiger partial charge >= 0.3 is 12.1 Å². The smallest absolute Gasteiger partial charge is 0.407 e. The van der Waals surface area contributed by atoms with E-state index in [2.05, 4.69) is 34.9 Å². The Morgan fingerprint density at radius 3 is 2.15 bits per heavy atom. The minimum absolute atomic E-state index is 0.0365. The molecular weight excluding hydrogens is 420 g/mol. The summed E-state index contributed by atoms with van der Waals surface area (Å²) in [7, 11) is 0. The Kier molecular flexibility index (Phi) is 6.67. The molecule has 0 aromatic heterocycles. The summed E-state index contributed by atoms with van der Waals surface area (Å²) in [5, 5.41) is 14.5. The highest BCUT2D eigenvalue weighted by Gasteiger charge is 2.37. The fourth-order valence-corrected chi connectivity index (χ4v) is 5.09. The van der Waals surface area contributed by atoms with Crippen molar-refractivity contribution in [3.05, 3.63) is 59.7 Å². The lowest BCUT2D eigenvalue weighted by atomic mass is 9.79. The molecule has 3 N–H and O–H groups in total. The molecule has 2 aliphatic carbocycles. The summed E-state index contributed by atoms with van der Waals surface area (Å²) in [5.74, 6) is -1.51. The minimum atomic E-state index is -1.09. The lowest BCUT2D eigenvalue weighted by Gasteiger charge is -2.37. The van der Waals surface area contributed by atoms with Gasteiger partial charge in [-0.2, -0.15) is 0 Å². The van der Waals surface area contributed by atoms with Crippen LogP contribution in [-0.2, 0) is 14.3 Å². The van der Waals surface area contributed by atoms with Crippen molar-refractivity contribution >= 4 is 18.0 Å². The molecule has 2 aromatic rings. The van der Waals surface area contributed by atoms with E-state index in [9.17, 15) is 14.4 Å². The number of ether oxygens (including phenoxy) is 1. The Morgan fingerprint density at radius 2 is 1.58 bits per heavy atom. The van der Waals surface area contributed by atoms with Crippen LogP contribution in [-0.4, -0.2) is 41.3 Å². The van der Waals surface area contributed by atoms with Gasteiger partial charge in [0.2, 0.25) is 5.91 Å². The molecule has 0 radical (unpaired) electrons. The van der Waals surface area contributed by atoms with Crippen LogP contribution in [0.4, 0.5) is 4.79 Å². The van der Waals surface area contributed by atoms with Gasteiger partial charge in [0.05, 0.1) is 5.54 Å². The van der Waals surface area contributed by atoms with Crippen LogP contribution in [0.3, 0.4) is 0 Å². The van der Waals surface area contributed by atoms with Crippen LogP contribution in [0.5, 0.6) is 0 Å². The first-order valence-electron chi connectivity index (χ1n) is 11.5. The molecule has 2 amide bonds. The monoisotopic (exact) mass is 450 g/mol. The number of hydrogen-bond donors (Lipinski definition) is 3. The molecule has 0 heterocycles. The number of fused-ring (bicyclic) bond motifs is 3. The van der Waals surface area contributed by atoms with E-state index in [1.54, 1.807) is 0 Å². The maximum Gasteiger partial charge on any atom is 0.407 e. The summed E-state index contributed by atoms with van der Waals surface area (Å²) >= 11 is 0. The van der Waals surface area contributed by atoms with E-state index in [4.69, 9.17) is 9.84 Å². The molecule has 2 aromatic carbocycles. The van der Waals surface area contributed by atoms with Gasteiger partial charge in [-0.3, -0.25) is 9.59 Å². The van der Waals surface area contributed by atoms with Crippen molar-refractivity contribution in [2.45, 2.75) is 62.9 Å². The second-order valence-corrected chi connectivity index (χ2v) is 9.10. The van der Waals surface area contributed by atoms with Crippen molar-refractivity contribution in [2.75, 3.05) is 6.61 Å². The number of carboxylic acid groups (broad SMARTS) is 1. The number of carboxylic acids is 1. The maximum absolute atomic E-state index is 12.8. The fourth-order valence-electron chi connectivity index (χ4n) is 5.09. The number of aliphatic carboxylic acids is 1. The molecule has 4 rings (SSSR count). The molecule has 2 aliphatic rings. The van der Waals surface area contributed by atoms with Crippen molar-refractivity contribution < 1.29 is 24.2 Å². The molecule has 33 heavy (non-hydrogen) atoms. The summed E-state index contributed by atoms with van der Waals surface area (Å²) in [6, 6.07) is 15.3. The van der Waals surface area contributed by atoms with Crippen LogP contribution in [0.15, 0.2) is 48.5 Å². The first kappa shape index (κ1) is 22.8. The predicted molar refractivity (Wildman–Crippen MR) is 124 cm³/mol. The number of benzene rings is 2. The average molecular weight is 451 g/mol. The van der Waals surface area contributed by atoms with Crippen LogP contribution in [0.1, 0.15) is 62.5 Å². The Bertz CT molecular complexity index is 999. The Balaban J connectivity index is 1.42. The van der Waals surface area contributed by atoms with E-state index < -0.39 is 23.6 Å². The SMILES string of the molecule is CC(NC(=O)CC1(NC(=O)OCC2c3ccccc3-c3ccccc32)CCCCC1)C(=O)O. The van der Waals surface area contributed by atoms with Gasteiger partial charge in [0.15, 0.2) is 0 Å². The van der Waals surface area contributed by atoms with E-state index in [1.165, 1.54) is 6.92 Å². The summed E-state index contributed by atoms with van der Waals surface area (Å²) < 4.78 is 5.69. The number of nitrogens with one attached hydrogen (secondary N) is 2. The highest BCUT2D eigenvalue weighted by Crippen LogP contribution is 2.44. The van der Waals surface area contributed by atoms with Gasteiger partial charge in [0, 0.05) is 12.3 Å². The second-order valence-electron chi connectivity index (χ2n) is 9.10.